The third-order valence-corrected chi connectivity index (χ3v) is 3.80. The van der Waals surface area contributed by atoms with Crippen LogP contribution in [0.3, 0.4) is 0 Å². The molecule has 1 heterocycles. The minimum atomic E-state index is -2.84. The van der Waals surface area contributed by atoms with Crippen LogP contribution in [0.1, 0.15) is 0 Å². The van der Waals surface area contributed by atoms with Crippen molar-refractivity contribution in [3.63, 3.8) is 0 Å². The van der Waals surface area contributed by atoms with Crippen molar-refractivity contribution < 1.29 is 17.9 Å². The highest BCUT2D eigenvalue weighted by molar-refractivity contribution is 7.91. The number of ether oxygens (including phenoxy) is 1. The summed E-state index contributed by atoms with van der Waals surface area (Å²) in [4.78, 5) is 12.5. The number of rotatable bonds is 3. The zero-order valence-corrected chi connectivity index (χ0v) is 9.12. The van der Waals surface area contributed by atoms with E-state index in [2.05, 4.69) is 4.74 Å². The maximum Gasteiger partial charge on any atom is 0.384 e. The third-order valence-electron chi connectivity index (χ3n) is 2.20. The molecule has 6 heteroatoms. The maximum absolute atomic E-state index is 11.1. The lowest BCUT2D eigenvalue weighted by atomic mass is 10.5. The molecule has 84 valence electrons. The number of carbonyl (C=O) groups is 1. The largest absolute Gasteiger partial charge is 0.455 e. The molecule has 1 rings (SSSR count). The van der Waals surface area contributed by atoms with E-state index in [0.717, 1.165) is 0 Å². The van der Waals surface area contributed by atoms with Gasteiger partial charge in [0.05, 0.1) is 11.5 Å². The number of terminal acetylenes is 1. The Morgan fingerprint density at radius 2 is 2.00 bits per heavy atom. The number of esters is 1. The summed E-state index contributed by atoms with van der Waals surface area (Å²) >= 11 is 0. The van der Waals surface area contributed by atoms with Gasteiger partial charge in [0.25, 0.3) is 0 Å². The van der Waals surface area contributed by atoms with Gasteiger partial charge in [-0.2, -0.15) is 0 Å². The van der Waals surface area contributed by atoms with Crippen LogP contribution in [0.2, 0.25) is 0 Å². The molecule has 0 aromatic heterocycles. The molecule has 0 amide bonds. The SMILES string of the molecule is C#CC(=O)OCCN1CCS(=O)(=O)CC1. The van der Waals surface area contributed by atoms with Crippen LogP contribution in [0.5, 0.6) is 0 Å². The van der Waals surface area contributed by atoms with Crippen molar-refractivity contribution in [2.75, 3.05) is 37.7 Å². The van der Waals surface area contributed by atoms with E-state index in [1.54, 1.807) is 0 Å². The van der Waals surface area contributed by atoms with Crippen LogP contribution in [0.15, 0.2) is 0 Å². The van der Waals surface area contributed by atoms with E-state index in [4.69, 9.17) is 6.42 Å². The third kappa shape index (κ3) is 4.32. The molecule has 1 aliphatic rings. The Morgan fingerprint density at radius 3 is 2.53 bits per heavy atom. The second-order valence-corrected chi connectivity index (χ2v) is 5.58. The van der Waals surface area contributed by atoms with Gasteiger partial charge >= 0.3 is 5.97 Å². The number of nitrogens with zero attached hydrogens (tertiary/aromatic N) is 1. The first kappa shape index (κ1) is 12.0. The van der Waals surface area contributed by atoms with Gasteiger partial charge in [0.2, 0.25) is 0 Å². The lowest BCUT2D eigenvalue weighted by molar-refractivity contribution is -0.137. The van der Waals surface area contributed by atoms with Gasteiger partial charge in [0, 0.05) is 25.6 Å². The van der Waals surface area contributed by atoms with Crippen LogP contribution >= 0.6 is 0 Å². The Labute approximate surface area is 89.3 Å². The molecule has 0 atom stereocenters. The van der Waals surface area contributed by atoms with Crippen LogP contribution in [0, 0.1) is 12.3 Å². The predicted octanol–water partition coefficient (Wildman–Crippen LogP) is -1.11. The summed E-state index contributed by atoms with van der Waals surface area (Å²) < 4.78 is 26.9. The molecule has 1 saturated heterocycles. The molecular formula is C9H13NO4S. The van der Waals surface area contributed by atoms with Crippen molar-refractivity contribution in [1.82, 2.24) is 4.90 Å². The van der Waals surface area contributed by atoms with Gasteiger partial charge in [-0.25, -0.2) is 13.2 Å². The smallest absolute Gasteiger partial charge is 0.384 e. The topological polar surface area (TPSA) is 63.7 Å². The summed E-state index contributed by atoms with van der Waals surface area (Å²) in [6.07, 6.45) is 4.81. The molecule has 0 unspecified atom stereocenters. The molecule has 0 spiro atoms. The van der Waals surface area contributed by atoms with E-state index in [0.29, 0.717) is 19.6 Å². The van der Waals surface area contributed by atoms with Crippen LogP contribution < -0.4 is 0 Å². The van der Waals surface area contributed by atoms with E-state index in [1.165, 1.54) is 0 Å². The van der Waals surface area contributed by atoms with E-state index < -0.39 is 15.8 Å². The van der Waals surface area contributed by atoms with Gasteiger partial charge in [-0.05, 0) is 0 Å². The minimum absolute atomic E-state index is 0.177. The predicted molar refractivity (Wildman–Crippen MR) is 54.9 cm³/mol. The summed E-state index contributed by atoms with van der Waals surface area (Å²) in [6.45, 7) is 1.73. The highest BCUT2D eigenvalue weighted by Crippen LogP contribution is 2.02. The number of hydrogen-bond acceptors (Lipinski definition) is 5. The van der Waals surface area contributed by atoms with Crippen LogP contribution in [0.4, 0.5) is 0 Å². The summed E-state index contributed by atoms with van der Waals surface area (Å²) in [5, 5.41) is 0. The van der Waals surface area contributed by atoms with E-state index >= 15 is 0 Å². The molecular weight excluding hydrogens is 218 g/mol. The van der Waals surface area contributed by atoms with Gasteiger partial charge in [-0.15, -0.1) is 6.42 Å². The highest BCUT2D eigenvalue weighted by Gasteiger charge is 2.21. The molecule has 0 N–H and O–H groups in total. The molecule has 5 nitrogen and oxygen atoms in total. The second kappa shape index (κ2) is 5.14. The average molecular weight is 231 g/mol. The fraction of sp³-hybridized carbons (Fsp3) is 0.667. The Kier molecular flexibility index (Phi) is 4.12. The first-order chi connectivity index (χ1) is 7.03. The Hall–Kier alpha value is -1.06. The standard InChI is InChI=1S/C9H13NO4S/c1-2-9(11)14-6-3-10-4-7-15(12,13)8-5-10/h1H,3-8H2. The van der Waals surface area contributed by atoms with Crippen molar-refractivity contribution in [2.24, 2.45) is 0 Å². The first-order valence-corrected chi connectivity index (χ1v) is 6.42. The van der Waals surface area contributed by atoms with Gasteiger partial charge in [0.1, 0.15) is 6.61 Å². The Balaban J connectivity index is 2.20. The monoisotopic (exact) mass is 231 g/mol. The Morgan fingerprint density at radius 1 is 1.40 bits per heavy atom. The molecule has 0 aromatic rings. The van der Waals surface area contributed by atoms with E-state index in [-0.39, 0.29) is 18.1 Å². The van der Waals surface area contributed by atoms with Gasteiger partial charge in [-0.3, -0.25) is 4.90 Å². The van der Waals surface area contributed by atoms with Crippen molar-refractivity contribution >= 4 is 15.8 Å². The van der Waals surface area contributed by atoms with Crippen molar-refractivity contribution in [1.29, 1.82) is 0 Å². The van der Waals surface area contributed by atoms with Gasteiger partial charge < -0.3 is 4.74 Å². The number of hydrogen-bond donors (Lipinski definition) is 0. The zero-order valence-electron chi connectivity index (χ0n) is 8.31. The van der Waals surface area contributed by atoms with Gasteiger partial charge in [0.15, 0.2) is 9.84 Å². The molecule has 0 bridgehead atoms. The van der Waals surface area contributed by atoms with Crippen LogP contribution in [0.25, 0.3) is 0 Å². The van der Waals surface area contributed by atoms with Gasteiger partial charge in [-0.1, -0.05) is 0 Å². The normalized spacial score (nSPS) is 20.5. The van der Waals surface area contributed by atoms with E-state index in [1.807, 2.05) is 10.8 Å². The molecule has 0 aromatic carbocycles. The van der Waals surface area contributed by atoms with Crippen LogP contribution in [-0.2, 0) is 19.4 Å². The van der Waals surface area contributed by atoms with Crippen LogP contribution in [-0.4, -0.2) is 57.0 Å². The molecule has 1 fully saturated rings. The average Bonchev–Trinajstić information content (AvgIpc) is 2.20. The second-order valence-electron chi connectivity index (χ2n) is 3.27. The number of sulfone groups is 1. The Bertz CT molecular complexity index is 354. The van der Waals surface area contributed by atoms with Crippen molar-refractivity contribution in [2.45, 2.75) is 0 Å². The summed E-state index contributed by atoms with van der Waals surface area (Å²) in [7, 11) is -2.84. The zero-order chi connectivity index (χ0) is 11.3. The molecule has 15 heavy (non-hydrogen) atoms. The first-order valence-electron chi connectivity index (χ1n) is 4.59. The lowest BCUT2D eigenvalue weighted by Gasteiger charge is -2.25. The molecule has 0 aliphatic carbocycles. The minimum Gasteiger partial charge on any atom is -0.455 e. The summed E-state index contributed by atoms with van der Waals surface area (Å²) in [6, 6.07) is 0. The fourth-order valence-corrected chi connectivity index (χ4v) is 2.56. The number of carbonyl (C=O) groups excluding carboxylic acids is 1. The molecule has 0 radical (unpaired) electrons. The summed E-state index contributed by atoms with van der Waals surface area (Å²) in [5.41, 5.74) is 0. The van der Waals surface area contributed by atoms with Crippen molar-refractivity contribution in [3.05, 3.63) is 0 Å². The molecule has 1 aliphatic heterocycles. The van der Waals surface area contributed by atoms with E-state index in [9.17, 15) is 13.2 Å². The van der Waals surface area contributed by atoms with Crippen molar-refractivity contribution in [3.8, 4) is 12.3 Å². The molecule has 0 saturated carbocycles. The quantitative estimate of drug-likeness (QED) is 0.350. The highest BCUT2D eigenvalue weighted by atomic mass is 32.2. The fourth-order valence-electron chi connectivity index (χ4n) is 1.28. The maximum atomic E-state index is 11.1. The lowest BCUT2D eigenvalue weighted by Crippen LogP contribution is -2.41. The summed E-state index contributed by atoms with van der Waals surface area (Å²) in [5.74, 6) is 1.51.